The number of halogens is 1. The summed E-state index contributed by atoms with van der Waals surface area (Å²) in [4.78, 5) is 26.1. The van der Waals surface area contributed by atoms with E-state index in [1.54, 1.807) is 21.8 Å². The first-order valence-electron chi connectivity index (χ1n) is 19.8. The molecule has 2 heterocycles. The minimum absolute atomic E-state index is 0.00339. The number of anilines is 1. The SMILES string of the molecule is O=C(NC1C2CC3CC(C2)CC1C3)c1cnn(-c2ccccc2)c1Cl.O=C(NC1C2CC3CC(C2)CC1C3)c1cnn(-c2ccccc2)c1NCCO. The number of aliphatic hydroxyl groups is 1. The van der Waals surface area contributed by atoms with Gasteiger partial charge < -0.3 is 21.1 Å². The van der Waals surface area contributed by atoms with Gasteiger partial charge in [-0.2, -0.15) is 10.2 Å². The van der Waals surface area contributed by atoms with Gasteiger partial charge in [-0.1, -0.05) is 48.0 Å². The highest BCUT2D eigenvalue weighted by Gasteiger charge is 2.50. The summed E-state index contributed by atoms with van der Waals surface area (Å²) in [5.41, 5.74) is 2.77. The number of carbonyl (C=O) groups is 2. The zero-order valence-electron chi connectivity index (χ0n) is 30.1. The molecule has 0 unspecified atom stereocenters. The third-order valence-electron chi connectivity index (χ3n) is 13.4. The molecule has 12 rings (SSSR count). The van der Waals surface area contributed by atoms with Crippen molar-refractivity contribution in [2.24, 2.45) is 47.3 Å². The molecule has 0 atom stereocenters. The Morgan fingerprint density at radius 3 is 1.51 bits per heavy atom. The second-order valence-corrected chi connectivity index (χ2v) is 17.1. The molecule has 11 heteroatoms. The molecule has 278 valence electrons. The molecule has 8 saturated carbocycles. The van der Waals surface area contributed by atoms with E-state index >= 15 is 0 Å². The van der Waals surface area contributed by atoms with E-state index in [1.165, 1.54) is 64.2 Å². The summed E-state index contributed by atoms with van der Waals surface area (Å²) >= 11 is 6.46. The van der Waals surface area contributed by atoms with E-state index < -0.39 is 0 Å². The molecule has 0 aliphatic heterocycles. The first-order valence-corrected chi connectivity index (χ1v) is 20.2. The summed E-state index contributed by atoms with van der Waals surface area (Å²) in [6, 6.07) is 20.0. The number of aliphatic hydroxyl groups excluding tert-OH is 1. The first-order chi connectivity index (χ1) is 25.9. The monoisotopic (exact) mass is 735 g/mol. The van der Waals surface area contributed by atoms with Crippen LogP contribution in [0, 0.1) is 47.3 Å². The van der Waals surface area contributed by atoms with Crippen molar-refractivity contribution in [3.63, 3.8) is 0 Å². The zero-order chi connectivity index (χ0) is 36.1. The van der Waals surface area contributed by atoms with Crippen molar-refractivity contribution < 1.29 is 14.7 Å². The number of nitrogens with one attached hydrogen (secondary N) is 3. The fourth-order valence-corrected chi connectivity index (χ4v) is 11.9. The van der Waals surface area contributed by atoms with Gasteiger partial charge in [-0.3, -0.25) is 9.59 Å². The van der Waals surface area contributed by atoms with Crippen LogP contribution in [0.4, 0.5) is 5.82 Å². The van der Waals surface area contributed by atoms with E-state index in [0.717, 1.165) is 35.0 Å². The number of aromatic nitrogens is 4. The van der Waals surface area contributed by atoms with Gasteiger partial charge in [0, 0.05) is 18.6 Å². The summed E-state index contributed by atoms with van der Waals surface area (Å²) in [7, 11) is 0. The van der Waals surface area contributed by atoms with Crippen molar-refractivity contribution in [1.29, 1.82) is 0 Å². The van der Waals surface area contributed by atoms with Crippen molar-refractivity contribution in [2.45, 2.75) is 76.3 Å². The Morgan fingerprint density at radius 2 is 1.04 bits per heavy atom. The first kappa shape index (κ1) is 34.6. The number of carbonyl (C=O) groups excluding carboxylic acids is 2. The maximum absolute atomic E-state index is 13.2. The maximum atomic E-state index is 13.2. The average molecular weight is 736 g/mol. The molecule has 2 amide bonds. The number of hydrogen-bond donors (Lipinski definition) is 4. The Bertz CT molecular complexity index is 1870. The lowest BCUT2D eigenvalue weighted by molar-refractivity contribution is -0.0119. The summed E-state index contributed by atoms with van der Waals surface area (Å²) in [6.45, 7) is 0.368. The lowest BCUT2D eigenvalue weighted by Gasteiger charge is -2.54. The summed E-state index contributed by atoms with van der Waals surface area (Å²) in [5, 5.41) is 28.3. The number of para-hydroxylation sites is 2. The third kappa shape index (κ3) is 6.78. The summed E-state index contributed by atoms with van der Waals surface area (Å²) in [6.07, 6.45) is 16.3. The molecule has 8 aliphatic rings. The van der Waals surface area contributed by atoms with Crippen LogP contribution in [0.1, 0.15) is 84.9 Å². The molecule has 4 N–H and O–H groups in total. The van der Waals surface area contributed by atoms with Gasteiger partial charge in [0.15, 0.2) is 0 Å². The molecule has 0 spiro atoms. The predicted molar refractivity (Wildman–Crippen MR) is 204 cm³/mol. The normalized spacial score (nSPS) is 31.5. The van der Waals surface area contributed by atoms with E-state index in [2.05, 4.69) is 26.1 Å². The Balaban J connectivity index is 0.000000141. The Kier molecular flexibility index (Phi) is 9.53. The van der Waals surface area contributed by atoms with Gasteiger partial charge >= 0.3 is 0 Å². The number of hydrogen-bond acceptors (Lipinski definition) is 6. The molecule has 0 radical (unpaired) electrons. The number of benzene rings is 2. The van der Waals surface area contributed by atoms with Crippen molar-refractivity contribution in [3.8, 4) is 11.4 Å². The van der Waals surface area contributed by atoms with Crippen LogP contribution < -0.4 is 16.0 Å². The van der Waals surface area contributed by atoms with Crippen molar-refractivity contribution in [3.05, 3.63) is 89.3 Å². The molecule has 10 nitrogen and oxygen atoms in total. The van der Waals surface area contributed by atoms with Gasteiger partial charge in [-0.25, -0.2) is 9.36 Å². The number of nitrogens with zero attached hydrogens (tertiary/aromatic N) is 4. The second kappa shape index (κ2) is 14.6. The van der Waals surface area contributed by atoms with Crippen LogP contribution in [-0.4, -0.2) is 61.7 Å². The molecule has 2 aromatic heterocycles. The number of amides is 2. The summed E-state index contributed by atoms with van der Waals surface area (Å²) < 4.78 is 3.36. The minimum atomic E-state index is -0.0790. The van der Waals surface area contributed by atoms with Gasteiger partial charge in [-0.05, 0) is 136 Å². The van der Waals surface area contributed by atoms with E-state index in [9.17, 15) is 14.7 Å². The fraction of sp³-hybridized carbons (Fsp3) is 0.524. The highest BCUT2D eigenvalue weighted by Crippen LogP contribution is 2.55. The minimum Gasteiger partial charge on any atom is -0.395 e. The topological polar surface area (TPSA) is 126 Å². The van der Waals surface area contributed by atoms with E-state index in [1.807, 2.05) is 60.7 Å². The lowest BCUT2D eigenvalue weighted by Crippen LogP contribution is -2.55. The van der Waals surface area contributed by atoms with Gasteiger partial charge in [0.25, 0.3) is 11.8 Å². The zero-order valence-corrected chi connectivity index (χ0v) is 30.9. The lowest BCUT2D eigenvalue weighted by atomic mass is 9.54. The second-order valence-electron chi connectivity index (χ2n) is 16.8. The Labute approximate surface area is 316 Å². The van der Waals surface area contributed by atoms with Gasteiger partial charge in [-0.15, -0.1) is 0 Å². The summed E-state index contributed by atoms with van der Waals surface area (Å²) in [5.74, 6) is 6.67. The van der Waals surface area contributed by atoms with Crippen LogP contribution in [0.3, 0.4) is 0 Å². The molecule has 2 aromatic carbocycles. The predicted octanol–water partition coefficient (Wildman–Crippen LogP) is 6.91. The van der Waals surface area contributed by atoms with Crippen molar-refractivity contribution in [2.75, 3.05) is 18.5 Å². The quantitative estimate of drug-likeness (QED) is 0.148. The fourth-order valence-electron chi connectivity index (χ4n) is 11.6. The van der Waals surface area contributed by atoms with E-state index in [0.29, 0.717) is 64.4 Å². The number of rotatable bonds is 9. The molecule has 8 bridgehead atoms. The van der Waals surface area contributed by atoms with Gasteiger partial charge in [0.05, 0.1) is 35.9 Å². The van der Waals surface area contributed by atoms with Crippen LogP contribution in [0.5, 0.6) is 0 Å². The van der Waals surface area contributed by atoms with Gasteiger partial charge in [0.1, 0.15) is 16.5 Å². The average Bonchev–Trinajstić information content (AvgIpc) is 3.77. The van der Waals surface area contributed by atoms with Crippen LogP contribution in [-0.2, 0) is 0 Å². The maximum Gasteiger partial charge on any atom is 0.256 e. The molecule has 0 saturated heterocycles. The van der Waals surface area contributed by atoms with Crippen LogP contribution in [0.15, 0.2) is 73.1 Å². The largest absolute Gasteiger partial charge is 0.395 e. The standard InChI is InChI=1S/C22H28N4O2.C20H22ClN3O/c27-7-6-23-21-19(13-24-26(21)18-4-2-1-3-5-18)22(28)25-20-16-9-14-8-15(11-16)12-17(20)10-14;21-19-17(11-22-24(19)16-4-2-1-3-5-16)20(25)23-18-14-7-12-6-13(9-14)10-15(18)8-12/h1-5,13-17,20,23,27H,6-12H2,(H,25,28);1-5,11-15,18H,6-10H2,(H,23,25). The van der Waals surface area contributed by atoms with E-state index in [4.69, 9.17) is 11.6 Å². The van der Waals surface area contributed by atoms with E-state index in [-0.39, 0.29) is 18.4 Å². The molecular weight excluding hydrogens is 686 g/mol. The molecular formula is C42H50ClN7O3. The molecule has 53 heavy (non-hydrogen) atoms. The van der Waals surface area contributed by atoms with Crippen LogP contribution in [0.25, 0.3) is 11.4 Å². The Hall–Kier alpha value is -4.15. The van der Waals surface area contributed by atoms with Crippen LogP contribution in [0.2, 0.25) is 5.15 Å². The smallest absolute Gasteiger partial charge is 0.256 e. The molecule has 8 fully saturated rings. The van der Waals surface area contributed by atoms with Crippen LogP contribution >= 0.6 is 11.6 Å². The van der Waals surface area contributed by atoms with Crippen molar-refractivity contribution in [1.82, 2.24) is 30.2 Å². The Morgan fingerprint density at radius 1 is 0.623 bits per heavy atom. The van der Waals surface area contributed by atoms with Gasteiger partial charge in [0.2, 0.25) is 0 Å². The molecule has 8 aliphatic carbocycles. The highest BCUT2D eigenvalue weighted by atomic mass is 35.5. The highest BCUT2D eigenvalue weighted by molar-refractivity contribution is 6.33. The molecule has 4 aromatic rings. The van der Waals surface area contributed by atoms with Crippen molar-refractivity contribution >= 4 is 29.2 Å². The third-order valence-corrected chi connectivity index (χ3v) is 13.8.